The number of hydrogen-bond acceptors (Lipinski definition) is 3. The third-order valence-corrected chi connectivity index (χ3v) is 5.54. The average molecular weight is 427 g/mol. The van der Waals surface area contributed by atoms with Crippen LogP contribution in [0.5, 0.6) is 0 Å². The molecule has 0 spiro atoms. The van der Waals surface area contributed by atoms with E-state index in [2.05, 4.69) is 47.8 Å². The van der Waals surface area contributed by atoms with Gasteiger partial charge in [0.05, 0.1) is 17.8 Å². The first kappa shape index (κ1) is 21.8. The summed E-state index contributed by atoms with van der Waals surface area (Å²) in [5.74, 6) is 0. The zero-order valence-corrected chi connectivity index (χ0v) is 19.3. The second-order valence-electron chi connectivity index (χ2n) is 9.35. The van der Waals surface area contributed by atoms with Crippen molar-refractivity contribution in [1.82, 2.24) is 5.32 Å². The van der Waals surface area contributed by atoms with Crippen LogP contribution in [0.1, 0.15) is 56.0 Å². The van der Waals surface area contributed by atoms with Crippen LogP contribution >= 0.6 is 0 Å². The number of hydrogen-bond donors (Lipinski definition) is 1. The standard InChI is InChI=1S/C28H30N2O2/c1-18-11-10-12-20(17-18)25(30-27(31)32-28(3,4)5)19(2)29-26-23-15-8-6-13-21(23)22-14-7-9-16-24(22)26/h6-17,19,25H,1-5H3,(H,30,31). The lowest BCUT2D eigenvalue weighted by Crippen LogP contribution is -2.38. The molecule has 4 nitrogen and oxygen atoms in total. The molecule has 4 rings (SSSR count). The van der Waals surface area contributed by atoms with E-state index < -0.39 is 11.7 Å². The molecule has 0 heterocycles. The molecule has 0 saturated carbocycles. The van der Waals surface area contributed by atoms with Crippen LogP contribution in [-0.4, -0.2) is 23.4 Å². The average Bonchev–Trinajstić information content (AvgIpc) is 3.05. The van der Waals surface area contributed by atoms with E-state index in [9.17, 15) is 4.79 Å². The highest BCUT2D eigenvalue weighted by molar-refractivity contribution is 6.24. The van der Waals surface area contributed by atoms with Crippen LogP contribution < -0.4 is 5.32 Å². The maximum Gasteiger partial charge on any atom is 0.408 e. The molecule has 3 aromatic carbocycles. The zero-order chi connectivity index (χ0) is 22.9. The van der Waals surface area contributed by atoms with Gasteiger partial charge in [0.15, 0.2) is 0 Å². The Hall–Kier alpha value is -3.40. The summed E-state index contributed by atoms with van der Waals surface area (Å²) in [6, 6.07) is 24.4. The van der Waals surface area contributed by atoms with E-state index in [1.807, 2.05) is 65.0 Å². The Labute approximate surface area is 190 Å². The molecular formula is C28H30N2O2. The Morgan fingerprint density at radius 1 is 0.875 bits per heavy atom. The third kappa shape index (κ3) is 4.59. The van der Waals surface area contributed by atoms with Crippen LogP contribution in [0.25, 0.3) is 11.1 Å². The summed E-state index contributed by atoms with van der Waals surface area (Å²) in [6.45, 7) is 9.69. The normalized spacial score (nSPS) is 14.2. The van der Waals surface area contributed by atoms with Crippen molar-refractivity contribution in [2.45, 2.75) is 52.3 Å². The van der Waals surface area contributed by atoms with Gasteiger partial charge in [-0.2, -0.15) is 0 Å². The number of fused-ring (bicyclic) bond motifs is 3. The minimum atomic E-state index is -0.570. The lowest BCUT2D eigenvalue weighted by atomic mass is 9.98. The minimum Gasteiger partial charge on any atom is -0.444 e. The second kappa shape index (κ2) is 8.62. The highest BCUT2D eigenvalue weighted by atomic mass is 16.6. The summed E-state index contributed by atoms with van der Waals surface area (Å²) >= 11 is 0. The number of ether oxygens (including phenoxy) is 1. The molecule has 2 atom stereocenters. The fourth-order valence-corrected chi connectivity index (χ4v) is 4.19. The van der Waals surface area contributed by atoms with Gasteiger partial charge in [-0.1, -0.05) is 78.4 Å². The van der Waals surface area contributed by atoms with Crippen LogP contribution in [0, 0.1) is 6.92 Å². The topological polar surface area (TPSA) is 50.7 Å². The van der Waals surface area contributed by atoms with Crippen molar-refractivity contribution in [3.8, 4) is 11.1 Å². The van der Waals surface area contributed by atoms with Crippen molar-refractivity contribution >= 4 is 11.8 Å². The number of benzene rings is 3. The maximum atomic E-state index is 12.7. The molecule has 3 aromatic rings. The van der Waals surface area contributed by atoms with Crippen LogP contribution in [0.4, 0.5) is 4.79 Å². The number of aryl methyl sites for hydroxylation is 1. The maximum absolute atomic E-state index is 12.7. The van der Waals surface area contributed by atoms with Crippen LogP contribution in [0.15, 0.2) is 77.8 Å². The Bertz CT molecular complexity index is 1130. The van der Waals surface area contributed by atoms with Crippen molar-refractivity contribution in [1.29, 1.82) is 0 Å². The zero-order valence-electron chi connectivity index (χ0n) is 19.3. The number of amides is 1. The molecule has 32 heavy (non-hydrogen) atoms. The molecule has 1 aliphatic rings. The van der Waals surface area contributed by atoms with Gasteiger partial charge in [0.1, 0.15) is 5.60 Å². The Morgan fingerprint density at radius 2 is 1.44 bits per heavy atom. The molecule has 1 amide bonds. The van der Waals surface area contributed by atoms with Gasteiger partial charge in [-0.05, 0) is 51.3 Å². The van der Waals surface area contributed by atoms with E-state index in [1.54, 1.807) is 0 Å². The minimum absolute atomic E-state index is 0.210. The summed E-state index contributed by atoms with van der Waals surface area (Å²) in [5, 5.41) is 3.07. The number of nitrogens with zero attached hydrogens (tertiary/aromatic N) is 1. The number of carbonyl (C=O) groups excluding carboxylic acids is 1. The fraction of sp³-hybridized carbons (Fsp3) is 0.286. The summed E-state index contributed by atoms with van der Waals surface area (Å²) in [7, 11) is 0. The van der Waals surface area contributed by atoms with Gasteiger partial charge in [-0.25, -0.2) is 4.79 Å². The van der Waals surface area contributed by atoms with Crippen molar-refractivity contribution in [2.24, 2.45) is 4.99 Å². The Kier molecular flexibility index (Phi) is 5.88. The van der Waals surface area contributed by atoms with E-state index in [0.717, 1.165) is 28.0 Å². The molecule has 0 radical (unpaired) electrons. The fourth-order valence-electron chi connectivity index (χ4n) is 4.19. The summed E-state index contributed by atoms with van der Waals surface area (Å²) in [5.41, 5.74) is 7.18. The number of aliphatic imine (C=N–C) groups is 1. The van der Waals surface area contributed by atoms with Gasteiger partial charge in [-0.15, -0.1) is 0 Å². The molecule has 2 unspecified atom stereocenters. The van der Waals surface area contributed by atoms with E-state index >= 15 is 0 Å². The first-order valence-corrected chi connectivity index (χ1v) is 11.1. The number of rotatable bonds is 4. The van der Waals surface area contributed by atoms with Gasteiger partial charge in [0, 0.05) is 11.1 Å². The molecule has 0 aromatic heterocycles. The monoisotopic (exact) mass is 426 g/mol. The molecule has 0 saturated heterocycles. The van der Waals surface area contributed by atoms with Gasteiger partial charge >= 0.3 is 6.09 Å². The lowest BCUT2D eigenvalue weighted by Gasteiger charge is -2.27. The second-order valence-corrected chi connectivity index (χ2v) is 9.35. The summed E-state index contributed by atoms with van der Waals surface area (Å²) < 4.78 is 5.55. The molecule has 0 bridgehead atoms. The highest BCUT2D eigenvalue weighted by Gasteiger charge is 2.28. The molecule has 1 aliphatic carbocycles. The molecular weight excluding hydrogens is 396 g/mol. The first-order valence-electron chi connectivity index (χ1n) is 11.1. The largest absolute Gasteiger partial charge is 0.444 e. The van der Waals surface area contributed by atoms with E-state index in [4.69, 9.17) is 9.73 Å². The quantitative estimate of drug-likeness (QED) is 0.407. The van der Waals surface area contributed by atoms with Gasteiger partial charge in [-0.3, -0.25) is 4.99 Å². The number of nitrogens with one attached hydrogen (secondary N) is 1. The molecule has 0 aliphatic heterocycles. The first-order chi connectivity index (χ1) is 15.2. The van der Waals surface area contributed by atoms with Gasteiger partial charge < -0.3 is 10.1 Å². The smallest absolute Gasteiger partial charge is 0.408 e. The van der Waals surface area contributed by atoms with Crippen LogP contribution in [-0.2, 0) is 4.74 Å². The van der Waals surface area contributed by atoms with Crippen molar-refractivity contribution < 1.29 is 9.53 Å². The van der Waals surface area contributed by atoms with Crippen LogP contribution in [0.3, 0.4) is 0 Å². The third-order valence-electron chi connectivity index (χ3n) is 5.54. The number of alkyl carbamates (subject to hydrolysis) is 1. The van der Waals surface area contributed by atoms with E-state index in [-0.39, 0.29) is 12.1 Å². The van der Waals surface area contributed by atoms with E-state index in [0.29, 0.717) is 0 Å². The van der Waals surface area contributed by atoms with Crippen molar-refractivity contribution in [3.05, 3.63) is 95.1 Å². The Morgan fingerprint density at radius 3 is 1.97 bits per heavy atom. The van der Waals surface area contributed by atoms with Crippen molar-refractivity contribution in [2.75, 3.05) is 0 Å². The lowest BCUT2D eigenvalue weighted by molar-refractivity contribution is 0.0497. The van der Waals surface area contributed by atoms with Gasteiger partial charge in [0.25, 0.3) is 0 Å². The number of carbonyl (C=O) groups is 1. The predicted octanol–water partition coefficient (Wildman–Crippen LogP) is 6.47. The summed E-state index contributed by atoms with van der Waals surface area (Å²) in [4.78, 5) is 17.8. The summed E-state index contributed by atoms with van der Waals surface area (Å²) in [6.07, 6.45) is -0.441. The van der Waals surface area contributed by atoms with E-state index in [1.165, 1.54) is 11.1 Å². The Balaban J connectivity index is 1.74. The molecule has 164 valence electrons. The highest BCUT2D eigenvalue weighted by Crippen LogP contribution is 2.37. The molecule has 4 heteroatoms. The molecule has 0 fully saturated rings. The van der Waals surface area contributed by atoms with Crippen molar-refractivity contribution in [3.63, 3.8) is 0 Å². The molecule has 1 N–H and O–H groups in total. The SMILES string of the molecule is Cc1cccc(C(NC(=O)OC(C)(C)C)C(C)N=C2c3ccccc3-c3ccccc32)c1. The predicted molar refractivity (Wildman–Crippen MR) is 130 cm³/mol. The van der Waals surface area contributed by atoms with Crippen LogP contribution in [0.2, 0.25) is 0 Å². The van der Waals surface area contributed by atoms with Gasteiger partial charge in [0.2, 0.25) is 0 Å².